The first-order valence-corrected chi connectivity index (χ1v) is 9.78. The number of carbonyl (C=O) groups excluding carboxylic acids is 1. The molecule has 0 spiro atoms. The van der Waals surface area contributed by atoms with E-state index in [0.29, 0.717) is 5.69 Å². The number of carbonyl (C=O) groups is 1. The van der Waals surface area contributed by atoms with Crippen molar-refractivity contribution in [2.45, 2.75) is 25.7 Å². The number of benzene rings is 2. The van der Waals surface area contributed by atoms with Gasteiger partial charge in [0.05, 0.1) is 28.4 Å². The van der Waals surface area contributed by atoms with Crippen molar-refractivity contribution in [1.82, 2.24) is 10.0 Å². The molecule has 3 aromatic rings. The Balaban J connectivity index is 1.48. The van der Waals surface area contributed by atoms with Gasteiger partial charge in [-0.1, -0.05) is 6.07 Å². The van der Waals surface area contributed by atoms with Crippen LogP contribution in [0.3, 0.4) is 0 Å². The molecule has 33 heavy (non-hydrogen) atoms. The van der Waals surface area contributed by atoms with Crippen LogP contribution in [-0.4, -0.2) is 28.2 Å². The Morgan fingerprint density at radius 2 is 2.00 bits per heavy atom. The second kappa shape index (κ2) is 8.32. The van der Waals surface area contributed by atoms with Crippen LogP contribution in [0.4, 0.5) is 24.5 Å². The lowest BCUT2D eigenvalue weighted by molar-refractivity contribution is -0.172. The fourth-order valence-electron chi connectivity index (χ4n) is 3.23. The van der Waals surface area contributed by atoms with Gasteiger partial charge in [-0.25, -0.2) is 4.84 Å². The predicted octanol–water partition coefficient (Wildman–Crippen LogP) is 4.40. The van der Waals surface area contributed by atoms with Crippen LogP contribution in [0, 0.1) is 11.3 Å². The van der Waals surface area contributed by atoms with Gasteiger partial charge in [-0.3, -0.25) is 9.78 Å². The standard InChI is InChI=1S/C22H18F3N5O3/c1-21(2)29(13-20(31)28-16-6-8-19-14(10-16)4-3-9-27-19)33-30(32-21)17-7-5-15(12-26)18(11-17)22(23,24)25/h3-11H,13H2,1-2H3,(H,28,31). The smallest absolute Gasteiger partial charge is 0.325 e. The highest BCUT2D eigenvalue weighted by molar-refractivity contribution is 5.94. The second-order valence-electron chi connectivity index (χ2n) is 7.71. The number of aromatic nitrogens is 1. The van der Waals surface area contributed by atoms with E-state index >= 15 is 0 Å². The summed E-state index contributed by atoms with van der Waals surface area (Å²) in [4.78, 5) is 27.9. The van der Waals surface area contributed by atoms with Crippen LogP contribution in [0.25, 0.3) is 10.9 Å². The lowest BCUT2D eigenvalue weighted by Crippen LogP contribution is -2.43. The molecule has 1 aromatic heterocycles. The van der Waals surface area contributed by atoms with Gasteiger partial charge >= 0.3 is 6.18 Å². The molecule has 0 radical (unpaired) electrons. The minimum atomic E-state index is -4.73. The molecular formula is C22H18F3N5O3. The molecule has 4 rings (SSSR count). The normalized spacial score (nSPS) is 16.1. The number of nitriles is 1. The van der Waals surface area contributed by atoms with Crippen molar-refractivity contribution in [3.63, 3.8) is 0 Å². The van der Waals surface area contributed by atoms with Crippen LogP contribution in [0.1, 0.15) is 25.0 Å². The minimum absolute atomic E-state index is 0.0839. The number of halogens is 3. The summed E-state index contributed by atoms with van der Waals surface area (Å²) in [6.07, 6.45) is -3.06. The number of hydrogen-bond donors (Lipinski definition) is 1. The van der Waals surface area contributed by atoms with Crippen molar-refractivity contribution >= 4 is 28.2 Å². The zero-order chi connectivity index (χ0) is 23.8. The van der Waals surface area contributed by atoms with Crippen LogP contribution in [0.2, 0.25) is 0 Å². The van der Waals surface area contributed by atoms with Crippen LogP contribution < -0.4 is 10.5 Å². The Labute approximate surface area is 186 Å². The molecule has 0 saturated carbocycles. The first kappa shape index (κ1) is 22.5. The molecule has 2 heterocycles. The predicted molar refractivity (Wildman–Crippen MR) is 112 cm³/mol. The van der Waals surface area contributed by atoms with Crippen molar-refractivity contribution in [3.8, 4) is 6.07 Å². The molecule has 0 bridgehead atoms. The van der Waals surface area contributed by atoms with Crippen LogP contribution in [-0.2, 0) is 20.7 Å². The van der Waals surface area contributed by atoms with E-state index in [0.717, 1.165) is 28.3 Å². The first-order valence-electron chi connectivity index (χ1n) is 9.78. The summed E-state index contributed by atoms with van der Waals surface area (Å²) in [5, 5.41) is 14.5. The van der Waals surface area contributed by atoms with E-state index in [4.69, 9.17) is 15.0 Å². The molecule has 0 atom stereocenters. The molecule has 1 N–H and O–H groups in total. The van der Waals surface area contributed by atoms with E-state index in [-0.39, 0.29) is 12.2 Å². The van der Waals surface area contributed by atoms with Crippen LogP contribution >= 0.6 is 0 Å². The highest BCUT2D eigenvalue weighted by atomic mass is 19.4. The van der Waals surface area contributed by atoms with Crippen LogP contribution in [0.5, 0.6) is 0 Å². The Bertz CT molecular complexity index is 1260. The number of fused-ring (bicyclic) bond motifs is 1. The van der Waals surface area contributed by atoms with Crippen molar-refractivity contribution in [3.05, 3.63) is 65.9 Å². The number of nitrogens with zero attached hydrogens (tertiary/aromatic N) is 4. The topological polar surface area (TPSA) is 90.7 Å². The Morgan fingerprint density at radius 3 is 2.73 bits per heavy atom. The molecule has 1 aliphatic rings. The van der Waals surface area contributed by atoms with Crippen molar-refractivity contribution in [1.29, 1.82) is 5.26 Å². The summed E-state index contributed by atoms with van der Waals surface area (Å²) in [5.41, 5.74) is -1.56. The third-order valence-electron chi connectivity index (χ3n) is 4.89. The number of hydrogen-bond acceptors (Lipinski definition) is 7. The summed E-state index contributed by atoms with van der Waals surface area (Å²) in [6.45, 7) is 2.92. The second-order valence-corrected chi connectivity index (χ2v) is 7.71. The molecule has 2 aromatic carbocycles. The van der Waals surface area contributed by atoms with Crippen molar-refractivity contribution in [2.24, 2.45) is 0 Å². The number of pyridine rings is 1. The average Bonchev–Trinajstić information content (AvgIpc) is 3.06. The summed E-state index contributed by atoms with van der Waals surface area (Å²) >= 11 is 0. The highest BCUT2D eigenvalue weighted by Gasteiger charge is 2.43. The third kappa shape index (κ3) is 4.73. The summed E-state index contributed by atoms with van der Waals surface area (Å²) < 4.78 is 39.9. The lowest BCUT2D eigenvalue weighted by Gasteiger charge is -2.23. The molecule has 1 fully saturated rings. The van der Waals surface area contributed by atoms with Gasteiger partial charge < -0.3 is 5.32 Å². The fraction of sp³-hybridized carbons (Fsp3) is 0.227. The number of alkyl halides is 3. The molecular weight excluding hydrogens is 439 g/mol. The number of nitrogens with one attached hydrogen (secondary N) is 1. The number of anilines is 2. The average molecular weight is 457 g/mol. The van der Waals surface area contributed by atoms with E-state index in [9.17, 15) is 18.0 Å². The molecule has 1 amide bonds. The molecule has 8 nitrogen and oxygen atoms in total. The van der Waals surface area contributed by atoms with Crippen LogP contribution in [0.15, 0.2) is 54.7 Å². The van der Waals surface area contributed by atoms with Gasteiger partial charge in [0.2, 0.25) is 5.91 Å². The van der Waals surface area contributed by atoms with Gasteiger partial charge in [0, 0.05) is 17.3 Å². The lowest BCUT2D eigenvalue weighted by atomic mass is 10.1. The van der Waals surface area contributed by atoms with Gasteiger partial charge in [-0.2, -0.15) is 23.4 Å². The van der Waals surface area contributed by atoms with Gasteiger partial charge in [-0.05, 0) is 56.3 Å². The number of hydroxylamine groups is 2. The monoisotopic (exact) mass is 457 g/mol. The van der Waals surface area contributed by atoms with E-state index < -0.39 is 28.9 Å². The van der Waals surface area contributed by atoms with Gasteiger partial charge in [0.15, 0.2) is 5.72 Å². The zero-order valence-electron chi connectivity index (χ0n) is 17.6. The first-order chi connectivity index (χ1) is 15.6. The van der Waals surface area contributed by atoms with Crippen molar-refractivity contribution in [2.75, 3.05) is 17.1 Å². The Morgan fingerprint density at radius 1 is 1.21 bits per heavy atom. The number of rotatable bonds is 4. The summed E-state index contributed by atoms with van der Waals surface area (Å²) in [5.74, 6) is -0.424. The molecule has 170 valence electrons. The quantitative estimate of drug-likeness (QED) is 0.621. The third-order valence-corrected chi connectivity index (χ3v) is 4.89. The van der Waals surface area contributed by atoms with Crippen molar-refractivity contribution < 1.29 is 27.7 Å². The molecule has 0 unspecified atom stereocenters. The summed E-state index contributed by atoms with van der Waals surface area (Å²) in [7, 11) is 0. The Hall–Kier alpha value is -3.72. The molecule has 0 aliphatic carbocycles. The van der Waals surface area contributed by atoms with Gasteiger partial charge in [0.25, 0.3) is 0 Å². The van der Waals surface area contributed by atoms with E-state index in [2.05, 4.69) is 10.3 Å². The maximum Gasteiger partial charge on any atom is 0.417 e. The highest BCUT2D eigenvalue weighted by Crippen LogP contribution is 2.37. The maximum atomic E-state index is 13.3. The maximum absolute atomic E-state index is 13.3. The minimum Gasteiger partial charge on any atom is -0.325 e. The SMILES string of the molecule is CC1(C)ON(c2ccc(C#N)c(C(F)(F)F)c2)ON1CC(=O)Nc1ccc2ncccc2c1. The Kier molecular flexibility index (Phi) is 5.67. The number of amides is 1. The van der Waals surface area contributed by atoms with Gasteiger partial charge in [0.1, 0.15) is 6.54 Å². The molecule has 1 aliphatic heterocycles. The molecule has 1 saturated heterocycles. The summed E-state index contributed by atoms with van der Waals surface area (Å²) in [6, 6.07) is 13.5. The largest absolute Gasteiger partial charge is 0.417 e. The van der Waals surface area contributed by atoms with E-state index in [1.54, 1.807) is 44.3 Å². The molecule has 11 heteroatoms. The van der Waals surface area contributed by atoms with E-state index in [1.165, 1.54) is 17.2 Å². The zero-order valence-corrected chi connectivity index (χ0v) is 17.6. The van der Waals surface area contributed by atoms with Gasteiger partial charge in [-0.15, -0.1) is 10.3 Å². The van der Waals surface area contributed by atoms with E-state index in [1.807, 2.05) is 6.07 Å². The fourth-order valence-corrected chi connectivity index (χ4v) is 3.23.